The Morgan fingerprint density at radius 2 is 1.78 bits per heavy atom. The maximum atomic E-state index is 12.4. The second kappa shape index (κ2) is 6.54. The van der Waals surface area contributed by atoms with Gasteiger partial charge in [0.2, 0.25) is 0 Å². The van der Waals surface area contributed by atoms with Crippen molar-refractivity contribution in [2.45, 2.75) is 38.5 Å². The van der Waals surface area contributed by atoms with Crippen LogP contribution in [0.15, 0.2) is 47.4 Å². The van der Waals surface area contributed by atoms with E-state index < -0.39 is 10.1 Å². The lowest BCUT2D eigenvalue weighted by Gasteiger charge is -2.12. The standard InChI is InChI=1S/C18H20O4S/c1-12(2)16-8-13(3)9-17(10-16)22-23(20,21)18-7-5-6-15(11-18)14(4)19/h5-12H,1-4H3. The van der Waals surface area contributed by atoms with Crippen molar-refractivity contribution >= 4 is 15.9 Å². The third kappa shape index (κ3) is 4.20. The Morgan fingerprint density at radius 3 is 2.39 bits per heavy atom. The lowest BCUT2D eigenvalue weighted by atomic mass is 10.0. The SMILES string of the molecule is CC(=O)c1cccc(S(=O)(=O)Oc2cc(C)cc(C(C)C)c2)c1. The number of benzene rings is 2. The summed E-state index contributed by atoms with van der Waals surface area (Å²) in [6.07, 6.45) is 0. The molecule has 0 amide bonds. The van der Waals surface area contributed by atoms with Crippen molar-refractivity contribution in [3.05, 3.63) is 59.2 Å². The van der Waals surface area contributed by atoms with Crippen molar-refractivity contribution in [2.75, 3.05) is 0 Å². The molecular formula is C18H20O4S. The molecule has 0 spiro atoms. The second-order valence-electron chi connectivity index (χ2n) is 5.86. The highest BCUT2D eigenvalue weighted by molar-refractivity contribution is 7.87. The van der Waals surface area contributed by atoms with Gasteiger partial charge in [-0.3, -0.25) is 4.79 Å². The van der Waals surface area contributed by atoms with E-state index >= 15 is 0 Å². The predicted molar refractivity (Wildman–Crippen MR) is 89.5 cm³/mol. The van der Waals surface area contributed by atoms with Gasteiger partial charge >= 0.3 is 10.1 Å². The average molecular weight is 332 g/mol. The van der Waals surface area contributed by atoms with Gasteiger partial charge in [0.05, 0.1) is 0 Å². The van der Waals surface area contributed by atoms with Gasteiger partial charge in [0.15, 0.2) is 5.78 Å². The Hall–Kier alpha value is -2.14. The van der Waals surface area contributed by atoms with Crippen LogP contribution >= 0.6 is 0 Å². The zero-order valence-electron chi connectivity index (χ0n) is 13.7. The van der Waals surface area contributed by atoms with Crippen molar-refractivity contribution in [1.82, 2.24) is 0 Å². The molecule has 0 heterocycles. The van der Waals surface area contributed by atoms with Gasteiger partial charge in [0.1, 0.15) is 10.6 Å². The maximum absolute atomic E-state index is 12.4. The molecule has 2 rings (SSSR count). The van der Waals surface area contributed by atoms with Crippen LogP contribution in [0.2, 0.25) is 0 Å². The summed E-state index contributed by atoms with van der Waals surface area (Å²) in [4.78, 5) is 11.4. The molecular weight excluding hydrogens is 312 g/mol. The highest BCUT2D eigenvalue weighted by Gasteiger charge is 2.18. The van der Waals surface area contributed by atoms with Crippen LogP contribution in [0.25, 0.3) is 0 Å². The van der Waals surface area contributed by atoms with E-state index in [4.69, 9.17) is 4.18 Å². The van der Waals surface area contributed by atoms with Crippen molar-refractivity contribution in [1.29, 1.82) is 0 Å². The van der Waals surface area contributed by atoms with Gasteiger partial charge in [-0.05, 0) is 55.2 Å². The maximum Gasteiger partial charge on any atom is 0.339 e. The first-order valence-electron chi connectivity index (χ1n) is 7.36. The van der Waals surface area contributed by atoms with Crippen molar-refractivity contribution in [3.8, 4) is 5.75 Å². The fourth-order valence-corrected chi connectivity index (χ4v) is 3.17. The minimum Gasteiger partial charge on any atom is -0.379 e. The molecule has 0 radical (unpaired) electrons. The lowest BCUT2D eigenvalue weighted by Crippen LogP contribution is -2.11. The van der Waals surface area contributed by atoms with Crippen LogP contribution in [0.3, 0.4) is 0 Å². The Labute approximate surface area is 137 Å². The molecule has 5 heteroatoms. The molecule has 2 aromatic rings. The minimum atomic E-state index is -3.98. The molecule has 0 fully saturated rings. The Bertz CT molecular complexity index is 836. The third-order valence-electron chi connectivity index (χ3n) is 3.48. The van der Waals surface area contributed by atoms with Gasteiger partial charge in [-0.2, -0.15) is 8.42 Å². The van der Waals surface area contributed by atoms with Gasteiger partial charge in [0, 0.05) is 5.56 Å². The van der Waals surface area contributed by atoms with Crippen LogP contribution in [0.5, 0.6) is 5.75 Å². The van der Waals surface area contributed by atoms with E-state index in [2.05, 4.69) is 0 Å². The molecule has 0 aromatic heterocycles. The Kier molecular flexibility index (Phi) is 4.90. The Balaban J connectivity index is 2.39. The number of carbonyl (C=O) groups is 1. The first-order chi connectivity index (χ1) is 10.7. The first-order valence-corrected chi connectivity index (χ1v) is 8.77. The smallest absolute Gasteiger partial charge is 0.339 e. The lowest BCUT2D eigenvalue weighted by molar-refractivity contribution is 0.101. The number of hydrogen-bond acceptors (Lipinski definition) is 4. The second-order valence-corrected chi connectivity index (χ2v) is 7.40. The monoisotopic (exact) mass is 332 g/mol. The summed E-state index contributed by atoms with van der Waals surface area (Å²) in [7, 11) is -3.98. The zero-order valence-corrected chi connectivity index (χ0v) is 14.5. The van der Waals surface area contributed by atoms with E-state index in [-0.39, 0.29) is 22.3 Å². The fraction of sp³-hybridized carbons (Fsp3) is 0.278. The number of hydrogen-bond donors (Lipinski definition) is 0. The van der Waals surface area contributed by atoms with E-state index in [0.717, 1.165) is 11.1 Å². The molecule has 0 bridgehead atoms. The van der Waals surface area contributed by atoms with E-state index in [1.165, 1.54) is 25.1 Å². The first kappa shape index (κ1) is 17.2. The Morgan fingerprint density at radius 1 is 1.09 bits per heavy atom. The molecule has 0 aliphatic rings. The van der Waals surface area contributed by atoms with Gasteiger partial charge in [-0.1, -0.05) is 32.0 Å². The normalized spacial score (nSPS) is 11.5. The van der Waals surface area contributed by atoms with E-state index in [1.807, 2.05) is 26.8 Å². The molecule has 4 nitrogen and oxygen atoms in total. The summed E-state index contributed by atoms with van der Waals surface area (Å²) in [5.74, 6) is 0.350. The summed E-state index contributed by atoms with van der Waals surface area (Å²) in [6, 6.07) is 11.3. The molecule has 122 valence electrons. The molecule has 0 aliphatic heterocycles. The summed E-state index contributed by atoms with van der Waals surface area (Å²) >= 11 is 0. The molecule has 0 N–H and O–H groups in total. The minimum absolute atomic E-state index is 0.0298. The number of rotatable bonds is 5. The van der Waals surface area contributed by atoms with Gasteiger partial charge in [0.25, 0.3) is 0 Å². The van der Waals surface area contributed by atoms with Crippen molar-refractivity contribution in [3.63, 3.8) is 0 Å². The number of ketones is 1. The van der Waals surface area contributed by atoms with Crippen molar-refractivity contribution < 1.29 is 17.4 Å². The van der Waals surface area contributed by atoms with Crippen LogP contribution in [-0.2, 0) is 10.1 Å². The van der Waals surface area contributed by atoms with Crippen LogP contribution in [0, 0.1) is 6.92 Å². The molecule has 0 saturated heterocycles. The van der Waals surface area contributed by atoms with Crippen LogP contribution in [0.1, 0.15) is 48.2 Å². The van der Waals surface area contributed by atoms with Crippen LogP contribution < -0.4 is 4.18 Å². The largest absolute Gasteiger partial charge is 0.379 e. The summed E-state index contributed by atoms with van der Waals surface area (Å²) in [6.45, 7) is 7.34. The highest BCUT2D eigenvalue weighted by atomic mass is 32.2. The van der Waals surface area contributed by atoms with E-state index in [0.29, 0.717) is 5.56 Å². The quantitative estimate of drug-likeness (QED) is 0.611. The molecule has 0 unspecified atom stereocenters. The van der Waals surface area contributed by atoms with E-state index in [9.17, 15) is 13.2 Å². The van der Waals surface area contributed by atoms with Gasteiger partial charge in [-0.25, -0.2) is 0 Å². The number of aryl methyl sites for hydroxylation is 1. The topological polar surface area (TPSA) is 60.4 Å². The number of carbonyl (C=O) groups excluding carboxylic acids is 1. The average Bonchev–Trinajstić information content (AvgIpc) is 2.46. The number of Topliss-reactive ketones (excluding diaryl/α,β-unsaturated/α-hetero) is 1. The third-order valence-corrected chi connectivity index (χ3v) is 4.72. The summed E-state index contributed by atoms with van der Waals surface area (Å²) in [5, 5.41) is 0. The zero-order chi connectivity index (χ0) is 17.2. The fourth-order valence-electron chi connectivity index (χ4n) is 2.20. The van der Waals surface area contributed by atoms with Crippen molar-refractivity contribution in [2.24, 2.45) is 0 Å². The highest BCUT2D eigenvalue weighted by Crippen LogP contribution is 2.25. The molecule has 2 aromatic carbocycles. The molecule has 0 aliphatic carbocycles. The van der Waals surface area contributed by atoms with E-state index in [1.54, 1.807) is 18.2 Å². The molecule has 0 atom stereocenters. The van der Waals surface area contributed by atoms with Gasteiger partial charge in [-0.15, -0.1) is 0 Å². The summed E-state index contributed by atoms with van der Waals surface area (Å²) in [5.41, 5.74) is 2.27. The van der Waals surface area contributed by atoms with Crippen LogP contribution in [0.4, 0.5) is 0 Å². The molecule has 23 heavy (non-hydrogen) atoms. The molecule has 0 saturated carbocycles. The summed E-state index contributed by atoms with van der Waals surface area (Å²) < 4.78 is 30.1. The predicted octanol–water partition coefficient (Wildman–Crippen LogP) is 4.09. The van der Waals surface area contributed by atoms with Gasteiger partial charge < -0.3 is 4.18 Å². The van der Waals surface area contributed by atoms with Crippen LogP contribution in [-0.4, -0.2) is 14.2 Å².